The van der Waals surface area contributed by atoms with Crippen LogP contribution in [0.4, 0.5) is 0 Å². The molecule has 0 amide bonds. The van der Waals surface area contributed by atoms with Gasteiger partial charge in [0.2, 0.25) is 0 Å². The molecular weight excluding hydrogens is 311 g/mol. The zero-order valence-corrected chi connectivity index (χ0v) is 13.6. The van der Waals surface area contributed by atoms with E-state index >= 15 is 0 Å². The number of nitrogens with one attached hydrogen (secondary N) is 1. The average Bonchev–Trinajstić information content (AvgIpc) is 3.22. The van der Waals surface area contributed by atoms with Gasteiger partial charge in [0.1, 0.15) is 11.5 Å². The summed E-state index contributed by atoms with van der Waals surface area (Å²) in [5.74, 6) is 1.17. The Labute approximate surface area is 138 Å². The molecule has 0 bridgehead atoms. The summed E-state index contributed by atoms with van der Waals surface area (Å²) < 4.78 is 0. The summed E-state index contributed by atoms with van der Waals surface area (Å²) in [7, 11) is 0. The Morgan fingerprint density at radius 2 is 1.81 bits per heavy atom. The van der Waals surface area contributed by atoms with Gasteiger partial charge in [-0.15, -0.1) is 24.8 Å². The lowest BCUT2D eigenvalue weighted by Crippen LogP contribution is -2.45. The molecule has 1 saturated carbocycles. The first-order valence-corrected chi connectivity index (χ1v) is 7.20. The average molecular weight is 335 g/mol. The van der Waals surface area contributed by atoms with Crippen molar-refractivity contribution < 1.29 is 10.2 Å². The minimum Gasteiger partial charge on any atom is -0.508 e. The van der Waals surface area contributed by atoms with Crippen molar-refractivity contribution in [3.63, 3.8) is 0 Å². The van der Waals surface area contributed by atoms with Crippen molar-refractivity contribution in [3.8, 4) is 11.5 Å². The fourth-order valence-electron chi connectivity index (χ4n) is 2.95. The lowest BCUT2D eigenvalue weighted by atomic mass is 9.97. The van der Waals surface area contributed by atoms with Gasteiger partial charge >= 0.3 is 0 Å². The zero-order chi connectivity index (χ0) is 13.2. The van der Waals surface area contributed by atoms with Crippen LogP contribution in [0, 0.1) is 5.92 Å². The maximum absolute atomic E-state index is 10.1. The van der Waals surface area contributed by atoms with Crippen molar-refractivity contribution in [2.45, 2.75) is 25.3 Å². The van der Waals surface area contributed by atoms with Crippen molar-refractivity contribution in [2.75, 3.05) is 26.2 Å². The van der Waals surface area contributed by atoms with Crippen molar-refractivity contribution >= 4 is 24.8 Å². The molecule has 1 saturated heterocycles. The Kier molecular flexibility index (Phi) is 7.07. The highest BCUT2D eigenvalue weighted by Crippen LogP contribution is 2.42. The first kappa shape index (κ1) is 18.4. The van der Waals surface area contributed by atoms with E-state index in [9.17, 15) is 10.2 Å². The van der Waals surface area contributed by atoms with Crippen LogP contribution in [0.3, 0.4) is 0 Å². The van der Waals surface area contributed by atoms with Crippen LogP contribution >= 0.6 is 24.8 Å². The molecule has 0 spiro atoms. The summed E-state index contributed by atoms with van der Waals surface area (Å²) in [6, 6.07) is 5.30. The van der Waals surface area contributed by atoms with E-state index < -0.39 is 0 Å². The smallest absolute Gasteiger partial charge is 0.124 e. The van der Waals surface area contributed by atoms with Gasteiger partial charge in [0.15, 0.2) is 0 Å². The maximum atomic E-state index is 10.1. The predicted molar refractivity (Wildman–Crippen MR) is 88.8 cm³/mol. The van der Waals surface area contributed by atoms with Gasteiger partial charge in [-0.1, -0.05) is 18.9 Å². The summed E-state index contributed by atoms with van der Waals surface area (Å²) in [6.45, 7) is 4.08. The van der Waals surface area contributed by atoms with Gasteiger partial charge < -0.3 is 15.5 Å². The lowest BCUT2D eigenvalue weighted by Gasteiger charge is -2.35. The van der Waals surface area contributed by atoms with E-state index in [-0.39, 0.29) is 42.4 Å². The molecule has 2 fully saturated rings. The number of halogens is 2. The highest BCUT2D eigenvalue weighted by Gasteiger charge is 2.31. The Morgan fingerprint density at radius 1 is 1.14 bits per heavy atom. The summed E-state index contributed by atoms with van der Waals surface area (Å²) >= 11 is 0. The highest BCUT2D eigenvalue weighted by molar-refractivity contribution is 5.85. The highest BCUT2D eigenvalue weighted by atomic mass is 35.5. The molecule has 1 aromatic carbocycles. The number of nitrogens with zero attached hydrogens (tertiary/aromatic N) is 1. The minimum absolute atomic E-state index is 0. The molecule has 4 nitrogen and oxygen atoms in total. The zero-order valence-electron chi connectivity index (χ0n) is 12.0. The summed E-state index contributed by atoms with van der Waals surface area (Å²) in [5, 5.41) is 22.9. The van der Waals surface area contributed by atoms with Crippen molar-refractivity contribution in [1.82, 2.24) is 10.2 Å². The van der Waals surface area contributed by atoms with Gasteiger partial charge in [-0.05, 0) is 18.4 Å². The van der Waals surface area contributed by atoms with Crippen molar-refractivity contribution in [3.05, 3.63) is 23.8 Å². The number of aromatic hydroxyl groups is 2. The molecule has 1 aromatic rings. The molecule has 0 unspecified atom stereocenters. The molecule has 3 rings (SSSR count). The standard InChI is InChI=1S/C15H22N2O2.2ClH/c18-12-3-4-13(15(19)10-12)14(9-11-1-2-11)17-7-5-16-6-8-17;;/h3-4,10-11,14,16,18-19H,1-2,5-9H2;2*1H/t14-;;/m0../s1. The third-order valence-electron chi connectivity index (χ3n) is 4.22. The van der Waals surface area contributed by atoms with E-state index in [1.165, 1.54) is 18.9 Å². The van der Waals surface area contributed by atoms with E-state index in [4.69, 9.17) is 0 Å². The molecule has 1 aliphatic carbocycles. The molecule has 1 aliphatic heterocycles. The fourth-order valence-corrected chi connectivity index (χ4v) is 2.95. The largest absolute Gasteiger partial charge is 0.508 e. The van der Waals surface area contributed by atoms with Crippen LogP contribution < -0.4 is 5.32 Å². The summed E-state index contributed by atoms with van der Waals surface area (Å²) in [5.41, 5.74) is 0.964. The van der Waals surface area contributed by atoms with Gasteiger partial charge in [0.05, 0.1) is 0 Å². The quantitative estimate of drug-likeness (QED) is 0.792. The van der Waals surface area contributed by atoms with E-state index in [0.29, 0.717) is 0 Å². The second kappa shape index (κ2) is 8.08. The van der Waals surface area contributed by atoms with Crippen LogP contribution in [0.1, 0.15) is 30.9 Å². The lowest BCUT2D eigenvalue weighted by molar-refractivity contribution is 0.158. The van der Waals surface area contributed by atoms with E-state index in [1.54, 1.807) is 6.07 Å². The monoisotopic (exact) mass is 334 g/mol. The third kappa shape index (κ3) is 4.65. The van der Waals surface area contributed by atoms with Crippen LogP contribution in [0.15, 0.2) is 18.2 Å². The number of phenolic OH excluding ortho intramolecular Hbond substituents is 2. The van der Waals surface area contributed by atoms with E-state index in [0.717, 1.165) is 44.1 Å². The summed E-state index contributed by atoms with van der Waals surface area (Å²) in [4.78, 5) is 2.46. The Bertz CT molecular complexity index is 449. The molecule has 1 heterocycles. The molecule has 3 N–H and O–H groups in total. The number of hydrogen-bond donors (Lipinski definition) is 3. The van der Waals surface area contributed by atoms with Gasteiger partial charge in [0, 0.05) is 43.9 Å². The minimum atomic E-state index is 0. The van der Waals surface area contributed by atoms with Crippen LogP contribution in [0.5, 0.6) is 11.5 Å². The topological polar surface area (TPSA) is 55.7 Å². The second-order valence-electron chi connectivity index (χ2n) is 5.72. The number of rotatable bonds is 4. The van der Waals surface area contributed by atoms with Gasteiger partial charge in [-0.3, -0.25) is 4.90 Å². The number of benzene rings is 1. The molecule has 21 heavy (non-hydrogen) atoms. The molecule has 1 atom stereocenters. The number of phenols is 2. The van der Waals surface area contributed by atoms with Gasteiger partial charge in [-0.25, -0.2) is 0 Å². The SMILES string of the molecule is Cl.Cl.Oc1ccc([C@H](CC2CC2)N2CCNCC2)c(O)c1. The Morgan fingerprint density at radius 3 is 2.38 bits per heavy atom. The van der Waals surface area contributed by atoms with Crippen LogP contribution in [-0.2, 0) is 0 Å². The number of piperazine rings is 1. The molecular formula is C15H24Cl2N2O2. The fraction of sp³-hybridized carbons (Fsp3) is 0.600. The molecule has 0 aromatic heterocycles. The third-order valence-corrected chi connectivity index (χ3v) is 4.22. The maximum Gasteiger partial charge on any atom is 0.124 e. The van der Waals surface area contributed by atoms with E-state index in [2.05, 4.69) is 10.2 Å². The first-order valence-electron chi connectivity index (χ1n) is 7.20. The Hall–Kier alpha value is -0.680. The van der Waals surface area contributed by atoms with Crippen molar-refractivity contribution in [2.24, 2.45) is 5.92 Å². The predicted octanol–water partition coefficient (Wildman–Crippen LogP) is 2.69. The molecule has 0 radical (unpaired) electrons. The first-order chi connectivity index (χ1) is 9.24. The number of hydrogen-bond acceptors (Lipinski definition) is 4. The van der Waals surface area contributed by atoms with Gasteiger partial charge in [0.25, 0.3) is 0 Å². The molecule has 120 valence electrons. The van der Waals surface area contributed by atoms with Crippen molar-refractivity contribution in [1.29, 1.82) is 0 Å². The molecule has 2 aliphatic rings. The normalized spacial score (nSPS) is 20.2. The van der Waals surface area contributed by atoms with E-state index in [1.807, 2.05) is 6.07 Å². The molecule has 6 heteroatoms. The van der Waals surface area contributed by atoms with Crippen LogP contribution in [-0.4, -0.2) is 41.3 Å². The summed E-state index contributed by atoms with van der Waals surface area (Å²) in [6.07, 6.45) is 3.77. The van der Waals surface area contributed by atoms with Gasteiger partial charge in [-0.2, -0.15) is 0 Å². The Balaban J connectivity index is 0.00000110. The van der Waals surface area contributed by atoms with Crippen LogP contribution in [0.25, 0.3) is 0 Å². The second-order valence-corrected chi connectivity index (χ2v) is 5.72. The van der Waals surface area contributed by atoms with Crippen LogP contribution in [0.2, 0.25) is 0 Å².